The molecule has 0 aromatic heterocycles. The fourth-order valence-electron chi connectivity index (χ4n) is 1.99. The van der Waals surface area contributed by atoms with E-state index >= 15 is 0 Å². The van der Waals surface area contributed by atoms with Gasteiger partial charge in [0.25, 0.3) is 0 Å². The van der Waals surface area contributed by atoms with Gasteiger partial charge in [-0.25, -0.2) is 0 Å². The lowest BCUT2D eigenvalue weighted by atomic mass is 10.1. The van der Waals surface area contributed by atoms with Crippen LogP contribution in [-0.2, 0) is 9.47 Å². The Kier molecular flexibility index (Phi) is 4.95. The number of hydrogen-bond acceptors (Lipinski definition) is 3. The second kappa shape index (κ2) is 6.01. The van der Waals surface area contributed by atoms with Crippen molar-refractivity contribution in [1.29, 1.82) is 0 Å². The summed E-state index contributed by atoms with van der Waals surface area (Å²) in [5.74, 6) is 1.64. The summed E-state index contributed by atoms with van der Waals surface area (Å²) in [5.41, 5.74) is 1.35. The molecule has 0 radical (unpaired) electrons. The van der Waals surface area contributed by atoms with Crippen molar-refractivity contribution >= 4 is 0 Å². The molecule has 3 nitrogen and oxygen atoms in total. The van der Waals surface area contributed by atoms with Crippen LogP contribution in [0, 0.1) is 5.92 Å². The summed E-state index contributed by atoms with van der Waals surface area (Å²) in [6.07, 6.45) is 1.04. The molecule has 1 heterocycles. The molecule has 0 unspecified atom stereocenters. The molecule has 0 amide bonds. The van der Waals surface area contributed by atoms with E-state index in [0.29, 0.717) is 5.92 Å². The first-order valence-electron chi connectivity index (χ1n) is 5.80. The largest absolute Gasteiger partial charge is 0.494 e. The number of hydrogen-bond donors (Lipinski definition) is 0. The van der Waals surface area contributed by atoms with Crippen molar-refractivity contribution in [3.63, 3.8) is 0 Å². The highest BCUT2D eigenvalue weighted by Gasteiger charge is 2.21. The van der Waals surface area contributed by atoms with Gasteiger partial charge in [0.1, 0.15) is 12.4 Å². The van der Waals surface area contributed by atoms with Crippen molar-refractivity contribution in [3.8, 4) is 0 Å². The molecular weight excluding hydrogens is 190 g/mol. The van der Waals surface area contributed by atoms with Crippen LogP contribution in [0.3, 0.4) is 0 Å². The Morgan fingerprint density at radius 2 is 2.20 bits per heavy atom. The van der Waals surface area contributed by atoms with Gasteiger partial charge in [-0.2, -0.15) is 0 Å². The summed E-state index contributed by atoms with van der Waals surface area (Å²) in [6, 6.07) is 0. The number of methoxy groups -OCH3 is 1. The zero-order chi connectivity index (χ0) is 11.3. The smallest absolute Gasteiger partial charge is 0.118 e. The zero-order valence-corrected chi connectivity index (χ0v) is 10.4. The fraction of sp³-hybridized carbons (Fsp3) is 0.833. The molecule has 1 aliphatic rings. The van der Waals surface area contributed by atoms with Gasteiger partial charge in [0.2, 0.25) is 0 Å². The van der Waals surface area contributed by atoms with E-state index in [9.17, 15) is 0 Å². The van der Waals surface area contributed by atoms with Gasteiger partial charge >= 0.3 is 0 Å². The van der Waals surface area contributed by atoms with Crippen LogP contribution in [0.5, 0.6) is 0 Å². The Morgan fingerprint density at radius 3 is 2.73 bits per heavy atom. The fourth-order valence-corrected chi connectivity index (χ4v) is 1.99. The predicted molar refractivity (Wildman–Crippen MR) is 61.6 cm³/mol. The Labute approximate surface area is 93.0 Å². The van der Waals surface area contributed by atoms with Gasteiger partial charge in [-0.05, 0) is 6.42 Å². The first kappa shape index (κ1) is 12.4. The van der Waals surface area contributed by atoms with Crippen molar-refractivity contribution in [2.45, 2.75) is 27.2 Å². The van der Waals surface area contributed by atoms with Crippen LogP contribution in [0.1, 0.15) is 27.2 Å². The van der Waals surface area contributed by atoms with E-state index in [1.54, 1.807) is 7.11 Å². The highest BCUT2D eigenvalue weighted by Crippen LogP contribution is 2.25. The molecule has 0 saturated heterocycles. The van der Waals surface area contributed by atoms with E-state index in [4.69, 9.17) is 9.47 Å². The number of allylic oxidation sites excluding steroid dienone is 2. The van der Waals surface area contributed by atoms with E-state index in [-0.39, 0.29) is 0 Å². The summed E-state index contributed by atoms with van der Waals surface area (Å²) in [7, 11) is 1.75. The molecule has 0 aliphatic carbocycles. The summed E-state index contributed by atoms with van der Waals surface area (Å²) < 4.78 is 10.9. The maximum atomic E-state index is 5.75. The highest BCUT2D eigenvalue weighted by molar-refractivity contribution is 5.11. The van der Waals surface area contributed by atoms with E-state index in [1.807, 2.05) is 0 Å². The minimum absolute atomic E-state index is 0.477. The molecule has 0 spiro atoms. The molecule has 0 N–H and O–H groups in total. The molecule has 1 rings (SSSR count). The molecule has 0 aromatic carbocycles. The predicted octanol–water partition coefficient (Wildman–Crippen LogP) is 2.24. The third kappa shape index (κ3) is 3.13. The lowest BCUT2D eigenvalue weighted by Gasteiger charge is -2.34. The third-order valence-electron chi connectivity index (χ3n) is 2.71. The van der Waals surface area contributed by atoms with Crippen LogP contribution in [0.4, 0.5) is 0 Å². The van der Waals surface area contributed by atoms with Crippen LogP contribution in [0.15, 0.2) is 11.5 Å². The maximum Gasteiger partial charge on any atom is 0.118 e. The molecule has 3 heteroatoms. The molecule has 15 heavy (non-hydrogen) atoms. The van der Waals surface area contributed by atoms with Crippen molar-refractivity contribution in [2.24, 2.45) is 5.92 Å². The number of rotatable bonds is 5. The Morgan fingerprint density at radius 1 is 1.47 bits per heavy atom. The highest BCUT2D eigenvalue weighted by atomic mass is 16.5. The number of ether oxygens (including phenoxy) is 2. The lowest BCUT2D eigenvalue weighted by molar-refractivity contribution is 0.0875. The minimum Gasteiger partial charge on any atom is -0.494 e. The van der Waals surface area contributed by atoms with Gasteiger partial charge in [-0.15, -0.1) is 0 Å². The second-order valence-corrected chi connectivity index (χ2v) is 4.15. The summed E-state index contributed by atoms with van der Waals surface area (Å²) >= 11 is 0. The molecule has 0 bridgehead atoms. The first-order chi connectivity index (χ1) is 7.20. The minimum atomic E-state index is 0.477. The van der Waals surface area contributed by atoms with Gasteiger partial charge in [0.15, 0.2) is 0 Å². The van der Waals surface area contributed by atoms with Crippen molar-refractivity contribution in [3.05, 3.63) is 11.5 Å². The Bertz CT molecular complexity index is 224. The topological polar surface area (TPSA) is 21.7 Å². The lowest BCUT2D eigenvalue weighted by Crippen LogP contribution is -2.35. The first-order valence-corrected chi connectivity index (χ1v) is 5.80. The van der Waals surface area contributed by atoms with E-state index in [1.165, 1.54) is 11.5 Å². The van der Waals surface area contributed by atoms with Gasteiger partial charge in [0.05, 0.1) is 18.8 Å². The van der Waals surface area contributed by atoms with Crippen LogP contribution >= 0.6 is 0 Å². The number of nitrogens with zero attached hydrogens (tertiary/aromatic N) is 1. The van der Waals surface area contributed by atoms with Crippen molar-refractivity contribution in [1.82, 2.24) is 4.90 Å². The molecular formula is C12H23NO2. The van der Waals surface area contributed by atoms with Crippen molar-refractivity contribution in [2.75, 3.05) is 33.4 Å². The van der Waals surface area contributed by atoms with E-state index in [2.05, 4.69) is 25.7 Å². The Balaban J connectivity index is 2.74. The average molecular weight is 213 g/mol. The van der Waals surface area contributed by atoms with Gasteiger partial charge < -0.3 is 14.4 Å². The second-order valence-electron chi connectivity index (χ2n) is 4.15. The Hall–Kier alpha value is -0.700. The van der Waals surface area contributed by atoms with E-state index in [0.717, 1.165) is 32.7 Å². The molecule has 1 aliphatic heterocycles. The van der Waals surface area contributed by atoms with Crippen LogP contribution in [0.2, 0.25) is 0 Å². The SMILES string of the molecule is CCC1=C(C(C)C)OCCN1CCOC. The molecule has 0 fully saturated rings. The zero-order valence-electron chi connectivity index (χ0n) is 10.4. The van der Waals surface area contributed by atoms with Crippen LogP contribution in [-0.4, -0.2) is 38.3 Å². The molecule has 88 valence electrons. The molecule has 0 atom stereocenters. The molecule has 0 saturated carbocycles. The summed E-state index contributed by atoms with van der Waals surface area (Å²) in [4.78, 5) is 2.39. The standard InChI is InChI=1S/C12H23NO2/c1-5-11-12(10(2)3)15-9-7-13(11)6-8-14-4/h10H,5-9H2,1-4H3. The summed E-state index contributed by atoms with van der Waals surface area (Å²) in [6.45, 7) is 10.1. The maximum absolute atomic E-state index is 5.75. The molecule has 0 aromatic rings. The monoisotopic (exact) mass is 213 g/mol. The van der Waals surface area contributed by atoms with Gasteiger partial charge in [-0.3, -0.25) is 0 Å². The van der Waals surface area contributed by atoms with E-state index < -0.39 is 0 Å². The van der Waals surface area contributed by atoms with Gasteiger partial charge in [-0.1, -0.05) is 20.8 Å². The van der Waals surface area contributed by atoms with Gasteiger partial charge in [0, 0.05) is 19.6 Å². The van der Waals surface area contributed by atoms with Crippen LogP contribution < -0.4 is 0 Å². The average Bonchev–Trinajstić information content (AvgIpc) is 2.25. The van der Waals surface area contributed by atoms with Crippen molar-refractivity contribution < 1.29 is 9.47 Å². The normalized spacial score (nSPS) is 17.3. The summed E-state index contributed by atoms with van der Waals surface area (Å²) in [5, 5.41) is 0. The van der Waals surface area contributed by atoms with Crippen LogP contribution in [0.25, 0.3) is 0 Å². The quantitative estimate of drug-likeness (QED) is 0.699. The third-order valence-corrected chi connectivity index (χ3v) is 2.71.